The molecule has 0 bridgehead atoms. The zero-order valence-corrected chi connectivity index (χ0v) is 15.5. The maximum atomic E-state index is 11.6. The standard InChI is InChI=1S/C17H24NO6P/c1-17(2,3)11-5-4-6-12(9-11)18-10-14(25(23)24)13(16(21)22)7-8-15(19)20/h4-6,9,13-14,18H,7-8,10H2,1-3H3,(H2-,19,20,21,22,23,24)/p+1. The predicted molar refractivity (Wildman–Crippen MR) is 95.2 cm³/mol. The van der Waals surface area contributed by atoms with Crippen LogP contribution in [0, 0.1) is 5.92 Å². The van der Waals surface area contributed by atoms with Gasteiger partial charge in [-0.1, -0.05) is 32.9 Å². The van der Waals surface area contributed by atoms with Crippen LogP contribution in [0.1, 0.15) is 39.2 Å². The second-order valence-corrected chi connectivity index (χ2v) is 8.23. The summed E-state index contributed by atoms with van der Waals surface area (Å²) in [7, 11) is -2.78. The van der Waals surface area contributed by atoms with E-state index >= 15 is 0 Å². The first-order valence-corrected chi connectivity index (χ1v) is 9.24. The molecule has 1 aromatic carbocycles. The number of nitrogens with one attached hydrogen (secondary N) is 1. The van der Waals surface area contributed by atoms with Crippen LogP contribution in [-0.4, -0.2) is 39.2 Å². The zero-order valence-electron chi connectivity index (χ0n) is 14.6. The van der Waals surface area contributed by atoms with E-state index in [1.807, 2.05) is 18.2 Å². The second-order valence-electron chi connectivity index (χ2n) is 6.96. The van der Waals surface area contributed by atoms with Crippen molar-refractivity contribution in [3.05, 3.63) is 29.8 Å². The van der Waals surface area contributed by atoms with E-state index in [1.165, 1.54) is 0 Å². The highest BCUT2D eigenvalue weighted by atomic mass is 31.1. The molecule has 0 saturated heterocycles. The third-order valence-electron chi connectivity index (χ3n) is 3.98. The van der Waals surface area contributed by atoms with Gasteiger partial charge in [0, 0.05) is 12.1 Å². The van der Waals surface area contributed by atoms with Crippen LogP contribution in [0.25, 0.3) is 0 Å². The molecule has 0 saturated carbocycles. The molecule has 3 atom stereocenters. The fourth-order valence-electron chi connectivity index (χ4n) is 2.45. The lowest BCUT2D eigenvalue weighted by atomic mass is 9.87. The first-order valence-electron chi connectivity index (χ1n) is 7.96. The van der Waals surface area contributed by atoms with Gasteiger partial charge >= 0.3 is 20.0 Å². The number of benzene rings is 1. The van der Waals surface area contributed by atoms with Gasteiger partial charge in [0.1, 0.15) is 5.92 Å². The molecule has 3 unspecified atom stereocenters. The molecule has 0 aliphatic carbocycles. The monoisotopic (exact) mass is 370 g/mol. The highest BCUT2D eigenvalue weighted by Gasteiger charge is 2.42. The molecule has 0 amide bonds. The highest BCUT2D eigenvalue weighted by molar-refractivity contribution is 7.39. The molecule has 0 spiro atoms. The van der Waals surface area contributed by atoms with Gasteiger partial charge in [-0.3, -0.25) is 9.59 Å². The second kappa shape index (κ2) is 8.92. The van der Waals surface area contributed by atoms with Crippen molar-refractivity contribution in [1.29, 1.82) is 0 Å². The lowest BCUT2D eigenvalue weighted by Gasteiger charge is -2.20. The van der Waals surface area contributed by atoms with E-state index in [-0.39, 0.29) is 24.8 Å². The van der Waals surface area contributed by atoms with Crippen LogP contribution in [0.4, 0.5) is 5.69 Å². The number of hydrogen-bond acceptors (Lipinski definition) is 4. The zero-order chi connectivity index (χ0) is 19.2. The minimum absolute atomic E-state index is 0.0319. The molecule has 0 heterocycles. The molecule has 8 heteroatoms. The Morgan fingerprint density at radius 1 is 1.24 bits per heavy atom. The number of carboxylic acids is 2. The van der Waals surface area contributed by atoms with E-state index in [1.54, 1.807) is 6.07 Å². The number of anilines is 1. The summed E-state index contributed by atoms with van der Waals surface area (Å²) in [5.74, 6) is -3.61. The Labute approximate surface area is 147 Å². The summed E-state index contributed by atoms with van der Waals surface area (Å²) in [6, 6.07) is 7.54. The Morgan fingerprint density at radius 3 is 2.36 bits per heavy atom. The number of aliphatic carboxylic acids is 2. The van der Waals surface area contributed by atoms with Gasteiger partial charge in [-0.2, -0.15) is 4.89 Å². The van der Waals surface area contributed by atoms with Crippen molar-refractivity contribution < 1.29 is 29.3 Å². The third kappa shape index (κ3) is 6.80. The van der Waals surface area contributed by atoms with Gasteiger partial charge in [0.2, 0.25) is 5.66 Å². The molecule has 7 nitrogen and oxygen atoms in total. The summed E-state index contributed by atoms with van der Waals surface area (Å²) >= 11 is 0. The van der Waals surface area contributed by atoms with Gasteiger partial charge in [-0.05, 0) is 34.1 Å². The average molecular weight is 370 g/mol. The molecular formula is C17H25NO6P+. The molecule has 0 aromatic heterocycles. The lowest BCUT2D eigenvalue weighted by Crippen LogP contribution is -2.32. The van der Waals surface area contributed by atoms with Crippen molar-refractivity contribution in [2.75, 3.05) is 11.9 Å². The summed E-state index contributed by atoms with van der Waals surface area (Å²) in [5, 5.41) is 21.0. The molecule has 1 rings (SSSR count). The minimum atomic E-state index is -2.78. The molecule has 1 aromatic rings. The maximum Gasteiger partial charge on any atom is 0.511 e. The highest BCUT2D eigenvalue weighted by Crippen LogP contribution is 2.33. The van der Waals surface area contributed by atoms with E-state index in [2.05, 4.69) is 26.1 Å². The normalized spacial score (nSPS) is 14.5. The number of rotatable bonds is 9. The predicted octanol–water partition coefficient (Wildman–Crippen LogP) is 3.06. The van der Waals surface area contributed by atoms with Crippen LogP contribution in [0.15, 0.2) is 24.3 Å². The summed E-state index contributed by atoms with van der Waals surface area (Å²) in [6.07, 6.45) is -0.559. The fraction of sp³-hybridized carbons (Fsp3) is 0.529. The van der Waals surface area contributed by atoms with Gasteiger partial charge in [-0.25, -0.2) is 0 Å². The van der Waals surface area contributed by atoms with Crippen LogP contribution in [0.5, 0.6) is 0 Å². The Bertz CT molecular complexity index is 640. The van der Waals surface area contributed by atoms with Crippen LogP contribution in [0.3, 0.4) is 0 Å². The van der Waals surface area contributed by atoms with Crippen molar-refractivity contribution in [3.63, 3.8) is 0 Å². The number of carbonyl (C=O) groups is 2. The first-order chi connectivity index (χ1) is 11.5. The smallest absolute Gasteiger partial charge is 0.481 e. The Hall–Kier alpha value is -1.98. The summed E-state index contributed by atoms with van der Waals surface area (Å²) < 4.78 is 11.6. The minimum Gasteiger partial charge on any atom is -0.481 e. The van der Waals surface area contributed by atoms with Crippen LogP contribution in [-0.2, 0) is 19.6 Å². The van der Waals surface area contributed by atoms with Crippen molar-refractivity contribution in [2.24, 2.45) is 5.92 Å². The van der Waals surface area contributed by atoms with Crippen molar-refractivity contribution in [1.82, 2.24) is 0 Å². The van der Waals surface area contributed by atoms with E-state index in [0.29, 0.717) is 0 Å². The maximum absolute atomic E-state index is 11.6. The Balaban J connectivity index is 2.89. The first kappa shape index (κ1) is 21.1. The fourth-order valence-corrected chi connectivity index (χ4v) is 3.28. The third-order valence-corrected chi connectivity index (χ3v) is 5.09. The van der Waals surface area contributed by atoms with Gasteiger partial charge in [-0.15, -0.1) is 0 Å². The van der Waals surface area contributed by atoms with Crippen LogP contribution < -0.4 is 5.32 Å². The molecule has 0 radical (unpaired) electrons. The molecule has 0 aliphatic heterocycles. The van der Waals surface area contributed by atoms with E-state index < -0.39 is 31.5 Å². The number of carboxylic acid groups (broad SMARTS) is 2. The Morgan fingerprint density at radius 2 is 1.88 bits per heavy atom. The SMILES string of the molecule is CC(C)(C)c1cccc(NCC(C(CCC(=O)O)C(=O)O)[P+](=O)O)c1. The van der Waals surface area contributed by atoms with Gasteiger partial charge in [0.05, 0.1) is 6.54 Å². The summed E-state index contributed by atoms with van der Waals surface area (Å²) in [5.41, 5.74) is 0.648. The van der Waals surface area contributed by atoms with Crippen molar-refractivity contribution in [2.45, 2.75) is 44.7 Å². The number of hydrogen-bond donors (Lipinski definition) is 4. The van der Waals surface area contributed by atoms with Gasteiger partial charge < -0.3 is 15.5 Å². The van der Waals surface area contributed by atoms with Gasteiger partial charge in [0.25, 0.3) is 0 Å². The van der Waals surface area contributed by atoms with Crippen LogP contribution >= 0.6 is 8.03 Å². The van der Waals surface area contributed by atoms with E-state index in [9.17, 15) is 24.2 Å². The van der Waals surface area contributed by atoms with E-state index in [4.69, 9.17) is 5.11 Å². The lowest BCUT2D eigenvalue weighted by molar-refractivity contribution is -0.142. The molecule has 4 N–H and O–H groups in total. The summed E-state index contributed by atoms with van der Waals surface area (Å²) in [4.78, 5) is 31.6. The molecular weight excluding hydrogens is 345 g/mol. The average Bonchev–Trinajstić information content (AvgIpc) is 2.48. The topological polar surface area (TPSA) is 124 Å². The summed E-state index contributed by atoms with van der Waals surface area (Å²) in [6.45, 7) is 6.15. The largest absolute Gasteiger partial charge is 0.511 e. The molecule has 25 heavy (non-hydrogen) atoms. The van der Waals surface area contributed by atoms with E-state index in [0.717, 1.165) is 11.3 Å². The van der Waals surface area contributed by atoms with Crippen molar-refractivity contribution in [3.8, 4) is 0 Å². The molecule has 0 fully saturated rings. The molecule has 138 valence electrons. The van der Waals surface area contributed by atoms with Gasteiger partial charge in [0.15, 0.2) is 0 Å². The molecule has 0 aliphatic rings. The Kier molecular flexibility index (Phi) is 7.52. The van der Waals surface area contributed by atoms with Crippen molar-refractivity contribution >= 4 is 25.7 Å². The van der Waals surface area contributed by atoms with Crippen LogP contribution in [0.2, 0.25) is 0 Å². The quantitative estimate of drug-likeness (QED) is 0.492.